The fraction of sp³-hybridized carbons (Fsp3) is 0.286. The maximum absolute atomic E-state index is 12.9. The van der Waals surface area contributed by atoms with Crippen LogP contribution in [-0.2, 0) is 6.54 Å². The van der Waals surface area contributed by atoms with Gasteiger partial charge in [-0.3, -0.25) is 14.3 Å². The Morgan fingerprint density at radius 2 is 1.35 bits per heavy atom. The Morgan fingerprint density at radius 3 is 2.00 bits per heavy atom. The van der Waals surface area contributed by atoms with Crippen molar-refractivity contribution in [1.82, 2.24) is 19.4 Å². The maximum Gasteiger partial charge on any atom is 0.262 e. The Labute approximate surface area is 205 Å². The standard InChI is InChI=1S/C28H30N4OS/c33-27-24-14-7-8-15-25(24)29-28(34)32(27)17-9-16-30-18-20-31(21-19-30)26(22-10-3-1-4-11-22)23-12-5-2-6-13-23/h1-8,10-15,26H,9,16-21H2,(H,29,34). The van der Waals surface area contributed by atoms with E-state index in [1.807, 2.05) is 24.3 Å². The molecule has 5 nitrogen and oxygen atoms in total. The summed E-state index contributed by atoms with van der Waals surface area (Å²) in [6.45, 7) is 5.68. The number of nitrogens with one attached hydrogen (secondary N) is 1. The molecule has 174 valence electrons. The van der Waals surface area contributed by atoms with Gasteiger partial charge in [0.25, 0.3) is 5.56 Å². The molecule has 4 aromatic rings. The van der Waals surface area contributed by atoms with Crippen molar-refractivity contribution in [2.75, 3.05) is 32.7 Å². The highest BCUT2D eigenvalue weighted by molar-refractivity contribution is 7.71. The van der Waals surface area contributed by atoms with Crippen molar-refractivity contribution in [2.24, 2.45) is 0 Å². The lowest BCUT2D eigenvalue weighted by atomic mass is 9.96. The van der Waals surface area contributed by atoms with Crippen LogP contribution in [0.5, 0.6) is 0 Å². The van der Waals surface area contributed by atoms with E-state index in [1.165, 1.54) is 11.1 Å². The molecule has 1 aliphatic rings. The number of nitrogens with zero attached hydrogens (tertiary/aromatic N) is 3. The van der Waals surface area contributed by atoms with E-state index in [1.54, 1.807) is 4.57 Å². The van der Waals surface area contributed by atoms with E-state index in [0.717, 1.165) is 44.7 Å². The van der Waals surface area contributed by atoms with Gasteiger partial charge in [-0.05, 0) is 48.4 Å². The molecule has 1 N–H and O–H groups in total. The van der Waals surface area contributed by atoms with E-state index in [0.29, 0.717) is 16.7 Å². The molecule has 1 saturated heterocycles. The Hall–Kier alpha value is -3.06. The van der Waals surface area contributed by atoms with Crippen LogP contribution in [0.1, 0.15) is 23.6 Å². The molecule has 0 spiro atoms. The van der Waals surface area contributed by atoms with Crippen LogP contribution in [0.4, 0.5) is 0 Å². The van der Waals surface area contributed by atoms with Crippen LogP contribution in [0.2, 0.25) is 0 Å². The Kier molecular flexibility index (Phi) is 7.00. The third kappa shape index (κ3) is 4.89. The average molecular weight is 471 g/mol. The third-order valence-corrected chi connectivity index (χ3v) is 7.07. The van der Waals surface area contributed by atoms with Gasteiger partial charge in [0.1, 0.15) is 0 Å². The summed E-state index contributed by atoms with van der Waals surface area (Å²) >= 11 is 5.46. The van der Waals surface area contributed by atoms with E-state index >= 15 is 0 Å². The molecular weight excluding hydrogens is 440 g/mol. The summed E-state index contributed by atoms with van der Waals surface area (Å²) in [7, 11) is 0. The Morgan fingerprint density at radius 1 is 0.765 bits per heavy atom. The largest absolute Gasteiger partial charge is 0.332 e. The zero-order valence-corrected chi connectivity index (χ0v) is 20.1. The molecule has 1 aliphatic heterocycles. The van der Waals surface area contributed by atoms with Crippen LogP contribution in [0.25, 0.3) is 10.9 Å². The van der Waals surface area contributed by atoms with Crippen molar-refractivity contribution >= 4 is 23.1 Å². The highest BCUT2D eigenvalue weighted by atomic mass is 32.1. The summed E-state index contributed by atoms with van der Waals surface area (Å²) in [5.41, 5.74) is 3.48. The number of hydrogen-bond donors (Lipinski definition) is 1. The minimum absolute atomic E-state index is 0.00210. The zero-order chi connectivity index (χ0) is 23.3. The molecule has 0 aliphatic carbocycles. The van der Waals surface area contributed by atoms with Crippen molar-refractivity contribution in [3.05, 3.63) is 111 Å². The SMILES string of the molecule is O=c1c2ccccc2[nH]c(=S)n1CCCN1CCN(C(c2ccccc2)c2ccccc2)CC1. The van der Waals surface area contributed by atoms with Gasteiger partial charge in [-0.25, -0.2) is 0 Å². The quantitative estimate of drug-likeness (QED) is 0.392. The molecule has 0 amide bonds. The van der Waals surface area contributed by atoms with Gasteiger partial charge in [-0.15, -0.1) is 0 Å². The minimum Gasteiger partial charge on any atom is -0.332 e. The van der Waals surface area contributed by atoms with Crippen LogP contribution in [0.15, 0.2) is 89.7 Å². The van der Waals surface area contributed by atoms with Gasteiger partial charge in [-0.1, -0.05) is 72.8 Å². The first kappa shape index (κ1) is 22.7. The molecule has 1 fully saturated rings. The minimum atomic E-state index is -0.00210. The highest BCUT2D eigenvalue weighted by Gasteiger charge is 2.26. The van der Waals surface area contributed by atoms with Crippen LogP contribution in [0.3, 0.4) is 0 Å². The molecule has 1 aromatic heterocycles. The van der Waals surface area contributed by atoms with Crippen molar-refractivity contribution < 1.29 is 0 Å². The highest BCUT2D eigenvalue weighted by Crippen LogP contribution is 2.29. The van der Waals surface area contributed by atoms with Gasteiger partial charge in [0, 0.05) is 32.7 Å². The zero-order valence-electron chi connectivity index (χ0n) is 19.3. The molecule has 5 rings (SSSR count). The van der Waals surface area contributed by atoms with Gasteiger partial charge in [0.2, 0.25) is 0 Å². The molecule has 0 saturated carbocycles. The molecule has 0 radical (unpaired) electrons. The lowest BCUT2D eigenvalue weighted by Gasteiger charge is -2.39. The van der Waals surface area contributed by atoms with Crippen molar-refractivity contribution in [3.63, 3.8) is 0 Å². The number of aromatic amines is 1. The third-order valence-electron chi connectivity index (χ3n) is 6.75. The van der Waals surface area contributed by atoms with E-state index in [4.69, 9.17) is 12.2 Å². The summed E-state index contributed by atoms with van der Waals surface area (Å²) in [5.74, 6) is 0. The Bertz CT molecular complexity index is 1300. The number of aromatic nitrogens is 2. The molecule has 0 unspecified atom stereocenters. The number of rotatable bonds is 7. The lowest BCUT2D eigenvalue weighted by molar-refractivity contribution is 0.107. The van der Waals surface area contributed by atoms with Gasteiger partial charge < -0.3 is 9.88 Å². The first-order valence-electron chi connectivity index (χ1n) is 12.0. The number of fused-ring (bicyclic) bond motifs is 1. The first-order valence-corrected chi connectivity index (χ1v) is 12.4. The van der Waals surface area contributed by atoms with Crippen LogP contribution in [0, 0.1) is 4.77 Å². The summed E-state index contributed by atoms with van der Waals surface area (Å²) < 4.78 is 2.21. The van der Waals surface area contributed by atoms with Gasteiger partial charge >= 0.3 is 0 Å². The van der Waals surface area contributed by atoms with E-state index in [2.05, 4.69) is 75.4 Å². The fourth-order valence-electron chi connectivity index (χ4n) is 4.98. The first-order chi connectivity index (χ1) is 16.7. The van der Waals surface area contributed by atoms with E-state index in [9.17, 15) is 4.79 Å². The summed E-state index contributed by atoms with van der Waals surface area (Å²) in [4.78, 5) is 21.2. The normalized spacial score (nSPS) is 15.2. The Balaban J connectivity index is 1.22. The molecular formula is C28H30N4OS. The van der Waals surface area contributed by atoms with Gasteiger partial charge in [0.15, 0.2) is 4.77 Å². The second-order valence-electron chi connectivity index (χ2n) is 8.89. The lowest BCUT2D eigenvalue weighted by Crippen LogP contribution is -2.48. The molecule has 0 atom stereocenters. The van der Waals surface area contributed by atoms with Crippen LogP contribution >= 0.6 is 12.2 Å². The second-order valence-corrected chi connectivity index (χ2v) is 9.27. The number of para-hydroxylation sites is 1. The van der Waals surface area contributed by atoms with Crippen molar-refractivity contribution in [1.29, 1.82) is 0 Å². The van der Waals surface area contributed by atoms with E-state index < -0.39 is 0 Å². The second kappa shape index (κ2) is 10.5. The number of hydrogen-bond acceptors (Lipinski definition) is 4. The van der Waals surface area contributed by atoms with Crippen LogP contribution < -0.4 is 5.56 Å². The molecule has 2 heterocycles. The number of piperazine rings is 1. The topological polar surface area (TPSA) is 44.3 Å². The number of H-pyrrole nitrogens is 1. The molecule has 3 aromatic carbocycles. The molecule has 6 heteroatoms. The predicted molar refractivity (Wildman–Crippen MR) is 141 cm³/mol. The van der Waals surface area contributed by atoms with Crippen molar-refractivity contribution in [2.45, 2.75) is 19.0 Å². The van der Waals surface area contributed by atoms with Crippen LogP contribution in [-0.4, -0.2) is 52.1 Å². The summed E-state index contributed by atoms with van der Waals surface area (Å²) in [6, 6.07) is 29.4. The smallest absolute Gasteiger partial charge is 0.262 e. The van der Waals surface area contributed by atoms with Crippen molar-refractivity contribution in [3.8, 4) is 0 Å². The molecule has 0 bridgehead atoms. The van der Waals surface area contributed by atoms with Gasteiger partial charge in [0.05, 0.1) is 16.9 Å². The molecule has 34 heavy (non-hydrogen) atoms. The number of benzene rings is 3. The fourth-order valence-corrected chi connectivity index (χ4v) is 5.27. The monoisotopic (exact) mass is 470 g/mol. The maximum atomic E-state index is 12.9. The van der Waals surface area contributed by atoms with E-state index in [-0.39, 0.29) is 11.6 Å². The predicted octanol–water partition coefficient (Wildman–Crippen LogP) is 4.86. The summed E-state index contributed by atoms with van der Waals surface area (Å²) in [5, 5.41) is 0.692. The summed E-state index contributed by atoms with van der Waals surface area (Å²) in [6.07, 6.45) is 0.899. The average Bonchev–Trinajstić information content (AvgIpc) is 2.88. The van der Waals surface area contributed by atoms with Gasteiger partial charge in [-0.2, -0.15) is 0 Å².